The summed E-state index contributed by atoms with van der Waals surface area (Å²) in [4.78, 5) is 16.5. The summed E-state index contributed by atoms with van der Waals surface area (Å²) in [5, 5.41) is 3.74. The number of likely N-dealkylation sites (tertiary alicyclic amines) is 2. The quantitative estimate of drug-likeness (QED) is 0.887. The molecular weight excluding hydrogens is 326 g/mol. The van der Waals surface area contributed by atoms with E-state index in [1.807, 2.05) is 18.2 Å². The molecule has 2 amide bonds. The normalized spacial score (nSPS) is 22.1. The average Bonchev–Trinajstić information content (AvgIpc) is 2.56. The number of urea groups is 1. The zero-order valence-corrected chi connectivity index (χ0v) is 15.0. The van der Waals surface area contributed by atoms with Gasteiger partial charge in [0.2, 0.25) is 0 Å². The van der Waals surface area contributed by atoms with Crippen LogP contribution in [0.4, 0.5) is 4.79 Å². The van der Waals surface area contributed by atoms with Crippen LogP contribution in [0.15, 0.2) is 24.3 Å². The van der Waals surface area contributed by atoms with Crippen molar-refractivity contribution in [3.63, 3.8) is 0 Å². The van der Waals surface area contributed by atoms with E-state index < -0.39 is 0 Å². The van der Waals surface area contributed by atoms with Crippen molar-refractivity contribution in [2.45, 2.75) is 25.9 Å². The van der Waals surface area contributed by atoms with E-state index in [0.29, 0.717) is 24.0 Å². The monoisotopic (exact) mass is 351 g/mol. The molecule has 0 spiro atoms. The number of piperidine rings is 1. The third kappa shape index (κ3) is 4.54. The number of nitrogens with zero attached hydrogens (tertiary/aromatic N) is 2. The molecule has 2 aliphatic heterocycles. The molecule has 0 radical (unpaired) electrons. The lowest BCUT2D eigenvalue weighted by atomic mass is 9.98. The van der Waals surface area contributed by atoms with Gasteiger partial charge in [0, 0.05) is 18.1 Å². The van der Waals surface area contributed by atoms with Gasteiger partial charge < -0.3 is 19.9 Å². The topological polar surface area (TPSA) is 44.8 Å². The number of hydrogen-bond acceptors (Lipinski definition) is 3. The first-order valence-electron chi connectivity index (χ1n) is 8.81. The summed E-state index contributed by atoms with van der Waals surface area (Å²) >= 11 is 5.95. The number of carbonyl (C=O) groups is 1. The smallest absolute Gasteiger partial charge is 0.317 e. The summed E-state index contributed by atoms with van der Waals surface area (Å²) in [6.45, 7) is 7.60. The lowest BCUT2D eigenvalue weighted by Gasteiger charge is -2.39. The summed E-state index contributed by atoms with van der Waals surface area (Å²) < 4.78 is 5.82. The van der Waals surface area contributed by atoms with Crippen LogP contribution >= 0.6 is 11.6 Å². The van der Waals surface area contributed by atoms with Gasteiger partial charge in [-0.2, -0.15) is 0 Å². The second kappa shape index (κ2) is 8.08. The first-order chi connectivity index (χ1) is 11.6. The second-order valence-corrected chi connectivity index (χ2v) is 7.13. The van der Waals surface area contributed by atoms with Crippen molar-refractivity contribution in [2.75, 3.05) is 39.3 Å². The van der Waals surface area contributed by atoms with E-state index in [-0.39, 0.29) is 12.1 Å². The van der Waals surface area contributed by atoms with Crippen LogP contribution in [-0.2, 0) is 0 Å². The highest BCUT2D eigenvalue weighted by molar-refractivity contribution is 6.30. The number of amides is 2. The fraction of sp³-hybridized carbons (Fsp3) is 0.611. The van der Waals surface area contributed by atoms with Crippen LogP contribution < -0.4 is 10.1 Å². The minimum atomic E-state index is 0.0227. The van der Waals surface area contributed by atoms with Crippen molar-refractivity contribution in [3.8, 4) is 5.75 Å². The van der Waals surface area contributed by atoms with E-state index in [4.69, 9.17) is 16.3 Å². The Morgan fingerprint density at radius 3 is 2.96 bits per heavy atom. The van der Waals surface area contributed by atoms with Crippen molar-refractivity contribution in [1.29, 1.82) is 0 Å². The molecule has 2 fully saturated rings. The SMILES string of the molecule is CCN1CCC[C@@H](CNC(=O)N2CC(Oc3cccc(Cl)c3)C2)C1. The number of hydrogen-bond donors (Lipinski definition) is 1. The molecule has 1 N–H and O–H groups in total. The Hall–Kier alpha value is -1.46. The number of nitrogens with one attached hydrogen (secondary N) is 1. The van der Waals surface area contributed by atoms with Gasteiger partial charge in [-0.05, 0) is 50.0 Å². The average molecular weight is 352 g/mol. The molecule has 0 bridgehead atoms. The molecule has 0 aromatic heterocycles. The molecule has 2 aliphatic rings. The molecule has 2 heterocycles. The molecule has 3 rings (SSSR count). The van der Waals surface area contributed by atoms with Gasteiger partial charge in [-0.25, -0.2) is 4.79 Å². The maximum absolute atomic E-state index is 12.2. The molecule has 0 saturated carbocycles. The van der Waals surface area contributed by atoms with E-state index in [1.54, 1.807) is 11.0 Å². The molecule has 5 nitrogen and oxygen atoms in total. The highest BCUT2D eigenvalue weighted by Gasteiger charge is 2.32. The Labute approximate surface area is 148 Å². The number of rotatable bonds is 5. The second-order valence-electron chi connectivity index (χ2n) is 6.69. The van der Waals surface area contributed by atoms with Gasteiger partial charge in [0.25, 0.3) is 0 Å². The van der Waals surface area contributed by atoms with Gasteiger partial charge >= 0.3 is 6.03 Å². The van der Waals surface area contributed by atoms with Crippen LogP contribution in [0.1, 0.15) is 19.8 Å². The zero-order chi connectivity index (χ0) is 16.9. The van der Waals surface area contributed by atoms with Gasteiger partial charge in [0.05, 0.1) is 13.1 Å². The zero-order valence-electron chi connectivity index (χ0n) is 14.2. The maximum atomic E-state index is 12.2. The Bertz CT molecular complexity index is 563. The van der Waals surface area contributed by atoms with Crippen molar-refractivity contribution in [1.82, 2.24) is 15.1 Å². The summed E-state index contributed by atoms with van der Waals surface area (Å²) in [5.41, 5.74) is 0. The molecule has 0 aliphatic carbocycles. The molecule has 0 unspecified atom stereocenters. The van der Waals surface area contributed by atoms with E-state index in [2.05, 4.69) is 17.1 Å². The van der Waals surface area contributed by atoms with Gasteiger partial charge in [-0.3, -0.25) is 0 Å². The molecule has 24 heavy (non-hydrogen) atoms. The largest absolute Gasteiger partial charge is 0.487 e. The number of halogens is 1. The van der Waals surface area contributed by atoms with E-state index in [1.165, 1.54) is 19.4 Å². The van der Waals surface area contributed by atoms with Gasteiger partial charge in [-0.15, -0.1) is 0 Å². The van der Waals surface area contributed by atoms with Gasteiger partial charge in [-0.1, -0.05) is 24.6 Å². The van der Waals surface area contributed by atoms with Crippen LogP contribution in [0, 0.1) is 5.92 Å². The maximum Gasteiger partial charge on any atom is 0.317 e. The van der Waals surface area contributed by atoms with Crippen molar-refractivity contribution in [2.24, 2.45) is 5.92 Å². The molecular formula is C18H26ClN3O2. The highest BCUT2D eigenvalue weighted by atomic mass is 35.5. The van der Waals surface area contributed by atoms with Crippen LogP contribution in [0.3, 0.4) is 0 Å². The van der Waals surface area contributed by atoms with Crippen LogP contribution in [0.2, 0.25) is 5.02 Å². The summed E-state index contributed by atoms with van der Waals surface area (Å²) in [7, 11) is 0. The lowest BCUT2D eigenvalue weighted by molar-refractivity contribution is 0.0437. The molecule has 1 aromatic rings. The molecule has 2 saturated heterocycles. The Morgan fingerprint density at radius 2 is 2.21 bits per heavy atom. The fourth-order valence-corrected chi connectivity index (χ4v) is 3.54. The molecule has 1 atom stereocenters. The third-order valence-corrected chi connectivity index (χ3v) is 5.06. The predicted octanol–water partition coefficient (Wildman–Crippen LogP) is 2.84. The van der Waals surface area contributed by atoms with E-state index in [9.17, 15) is 4.79 Å². The van der Waals surface area contributed by atoms with E-state index >= 15 is 0 Å². The fourth-order valence-electron chi connectivity index (χ4n) is 3.36. The number of ether oxygens (including phenoxy) is 1. The van der Waals surface area contributed by atoms with Crippen LogP contribution in [0.25, 0.3) is 0 Å². The minimum Gasteiger partial charge on any atom is -0.487 e. The molecule has 132 valence electrons. The number of benzene rings is 1. The molecule has 1 aromatic carbocycles. The lowest BCUT2D eigenvalue weighted by Crippen LogP contribution is -2.59. The van der Waals surface area contributed by atoms with Crippen LogP contribution in [-0.4, -0.2) is 61.2 Å². The van der Waals surface area contributed by atoms with Gasteiger partial charge in [0.1, 0.15) is 11.9 Å². The van der Waals surface area contributed by atoms with Crippen molar-refractivity contribution >= 4 is 17.6 Å². The standard InChI is InChI=1S/C18H26ClN3O2/c1-2-21-8-4-5-14(11-21)10-20-18(23)22-12-17(13-22)24-16-7-3-6-15(19)9-16/h3,6-7,9,14,17H,2,4-5,8,10-13H2,1H3,(H,20,23)/t14-/m0/s1. The van der Waals surface area contributed by atoms with E-state index in [0.717, 1.165) is 25.4 Å². The first kappa shape index (κ1) is 17.4. The Morgan fingerprint density at radius 1 is 1.38 bits per heavy atom. The predicted molar refractivity (Wildman–Crippen MR) is 95.7 cm³/mol. The summed E-state index contributed by atoms with van der Waals surface area (Å²) in [6, 6.07) is 7.39. The highest BCUT2D eigenvalue weighted by Crippen LogP contribution is 2.22. The third-order valence-electron chi connectivity index (χ3n) is 4.83. The summed E-state index contributed by atoms with van der Waals surface area (Å²) in [6.07, 6.45) is 2.49. The Balaban J connectivity index is 1.36. The number of carbonyl (C=O) groups excluding carboxylic acids is 1. The van der Waals surface area contributed by atoms with Crippen molar-refractivity contribution in [3.05, 3.63) is 29.3 Å². The minimum absolute atomic E-state index is 0.0227. The van der Waals surface area contributed by atoms with Crippen LogP contribution in [0.5, 0.6) is 5.75 Å². The Kier molecular flexibility index (Phi) is 5.85. The first-order valence-corrected chi connectivity index (χ1v) is 9.19. The molecule has 6 heteroatoms. The van der Waals surface area contributed by atoms with Gasteiger partial charge in [0.15, 0.2) is 0 Å². The van der Waals surface area contributed by atoms with Crippen molar-refractivity contribution < 1.29 is 9.53 Å². The summed E-state index contributed by atoms with van der Waals surface area (Å²) in [5.74, 6) is 1.33.